The van der Waals surface area contributed by atoms with E-state index in [2.05, 4.69) is 40.8 Å². The van der Waals surface area contributed by atoms with Crippen LogP contribution in [0, 0.1) is 0 Å². The number of unbranched alkanes of at least 4 members (excludes halogenated alkanes) is 1. The van der Waals surface area contributed by atoms with E-state index in [0.29, 0.717) is 0 Å². The molecule has 0 heterocycles. The van der Waals surface area contributed by atoms with Crippen LogP contribution in [0.25, 0.3) is 0 Å². The molecule has 0 aromatic carbocycles. The van der Waals surface area contributed by atoms with E-state index in [0.717, 1.165) is 0 Å². The quantitative estimate of drug-likeness (QED) is 0.406. The van der Waals surface area contributed by atoms with Gasteiger partial charge in [0.05, 0.1) is 0 Å². The van der Waals surface area contributed by atoms with E-state index in [4.69, 9.17) is 0 Å². The summed E-state index contributed by atoms with van der Waals surface area (Å²) in [6.07, 6.45) is 11.9. The van der Waals surface area contributed by atoms with Gasteiger partial charge >= 0.3 is 0 Å². The van der Waals surface area contributed by atoms with Crippen molar-refractivity contribution < 1.29 is 0 Å². The molecule has 0 saturated carbocycles. The van der Waals surface area contributed by atoms with Crippen molar-refractivity contribution in [1.29, 1.82) is 0 Å². The Bertz CT molecular complexity index is 145. The molecule has 0 atom stereocenters. The van der Waals surface area contributed by atoms with Crippen molar-refractivity contribution in [3.05, 3.63) is 23.8 Å². The van der Waals surface area contributed by atoms with E-state index in [9.17, 15) is 0 Å². The zero-order valence-electron chi connectivity index (χ0n) is 6.15. The Morgan fingerprint density at radius 1 is 1.40 bits per heavy atom. The normalized spacial score (nSPS) is 15.9. The van der Waals surface area contributed by atoms with Gasteiger partial charge in [-0.05, 0) is 30.1 Å². The summed E-state index contributed by atoms with van der Waals surface area (Å²) in [5.41, 5.74) is 1.62. The number of hydrogen-bond donors (Lipinski definition) is 0. The number of hydrogen-bond acceptors (Lipinski definition) is 0. The SMILES string of the molecule is ICCCCC1=CC=CC1. The maximum Gasteiger partial charge on any atom is -0.000462 e. The van der Waals surface area contributed by atoms with Crippen molar-refractivity contribution in [2.45, 2.75) is 25.7 Å². The van der Waals surface area contributed by atoms with Crippen molar-refractivity contribution in [3.63, 3.8) is 0 Å². The third-order valence-corrected chi connectivity index (χ3v) is 2.49. The van der Waals surface area contributed by atoms with Gasteiger partial charge in [-0.3, -0.25) is 0 Å². The van der Waals surface area contributed by atoms with Crippen LogP contribution in [0.5, 0.6) is 0 Å². The maximum atomic E-state index is 2.44. The molecule has 10 heavy (non-hydrogen) atoms. The van der Waals surface area contributed by atoms with Gasteiger partial charge < -0.3 is 0 Å². The van der Waals surface area contributed by atoms with E-state index >= 15 is 0 Å². The first-order valence-corrected chi connectivity index (χ1v) is 5.36. The molecule has 0 aromatic heterocycles. The van der Waals surface area contributed by atoms with Crippen molar-refractivity contribution in [2.75, 3.05) is 4.43 Å². The lowest BCUT2D eigenvalue weighted by atomic mass is 10.1. The molecule has 0 nitrogen and oxygen atoms in total. The highest BCUT2D eigenvalue weighted by molar-refractivity contribution is 14.1. The second kappa shape index (κ2) is 4.94. The molecule has 0 aromatic rings. The highest BCUT2D eigenvalue weighted by atomic mass is 127. The van der Waals surface area contributed by atoms with Crippen molar-refractivity contribution in [3.8, 4) is 0 Å². The number of halogens is 1. The Labute approximate surface area is 76.5 Å². The molecule has 0 spiro atoms. The molecular formula is C9H13I. The maximum absolute atomic E-state index is 2.44. The summed E-state index contributed by atoms with van der Waals surface area (Å²) in [7, 11) is 0. The second-order valence-corrected chi connectivity index (χ2v) is 3.68. The standard InChI is InChI=1S/C9H13I/c10-8-4-3-7-9-5-1-2-6-9/h1-2,5H,3-4,6-8H2. The van der Waals surface area contributed by atoms with Crippen LogP contribution in [-0.2, 0) is 0 Å². The highest BCUT2D eigenvalue weighted by Crippen LogP contribution is 2.17. The second-order valence-electron chi connectivity index (χ2n) is 2.60. The first-order chi connectivity index (χ1) is 4.93. The van der Waals surface area contributed by atoms with E-state index in [1.807, 2.05) is 0 Å². The lowest BCUT2D eigenvalue weighted by Crippen LogP contribution is -1.80. The molecule has 0 unspecified atom stereocenters. The summed E-state index contributed by atoms with van der Waals surface area (Å²) in [6.45, 7) is 0. The molecule has 0 aliphatic heterocycles. The van der Waals surface area contributed by atoms with E-state index in [1.54, 1.807) is 5.57 Å². The molecule has 56 valence electrons. The molecule has 0 fully saturated rings. The van der Waals surface area contributed by atoms with E-state index < -0.39 is 0 Å². The summed E-state index contributed by atoms with van der Waals surface area (Å²) in [6, 6.07) is 0. The molecule has 1 heteroatoms. The molecule has 1 aliphatic carbocycles. The van der Waals surface area contributed by atoms with Gasteiger partial charge in [-0.25, -0.2) is 0 Å². The van der Waals surface area contributed by atoms with Gasteiger partial charge in [0.15, 0.2) is 0 Å². The summed E-state index contributed by atoms with van der Waals surface area (Å²) in [5, 5.41) is 0. The summed E-state index contributed by atoms with van der Waals surface area (Å²) in [5.74, 6) is 0. The average molecular weight is 248 g/mol. The minimum atomic E-state index is 1.21. The van der Waals surface area contributed by atoms with Gasteiger partial charge in [-0.2, -0.15) is 0 Å². The number of allylic oxidation sites excluding steroid dienone is 4. The van der Waals surface area contributed by atoms with Crippen molar-refractivity contribution in [1.82, 2.24) is 0 Å². The topological polar surface area (TPSA) is 0 Å². The van der Waals surface area contributed by atoms with Crippen molar-refractivity contribution >= 4 is 22.6 Å². The van der Waals surface area contributed by atoms with Crippen LogP contribution >= 0.6 is 22.6 Å². The predicted octanol–water partition coefficient (Wildman–Crippen LogP) is 3.48. The van der Waals surface area contributed by atoms with Gasteiger partial charge in [0.2, 0.25) is 0 Å². The molecule has 0 N–H and O–H groups in total. The summed E-state index contributed by atoms with van der Waals surface area (Å²) in [4.78, 5) is 0. The van der Waals surface area contributed by atoms with E-state index in [-0.39, 0.29) is 0 Å². The number of rotatable bonds is 4. The summed E-state index contributed by atoms with van der Waals surface area (Å²) >= 11 is 2.44. The van der Waals surface area contributed by atoms with Gasteiger partial charge in [-0.15, -0.1) is 0 Å². The molecule has 1 aliphatic rings. The van der Waals surface area contributed by atoms with Gasteiger partial charge in [0.25, 0.3) is 0 Å². The fraction of sp³-hybridized carbons (Fsp3) is 0.556. The van der Waals surface area contributed by atoms with E-state index in [1.165, 1.54) is 30.1 Å². The zero-order valence-corrected chi connectivity index (χ0v) is 8.30. The van der Waals surface area contributed by atoms with Crippen LogP contribution in [0.3, 0.4) is 0 Å². The lowest BCUT2D eigenvalue weighted by Gasteiger charge is -1.98. The molecule has 0 amide bonds. The zero-order chi connectivity index (χ0) is 7.23. The third-order valence-electron chi connectivity index (χ3n) is 1.73. The Kier molecular flexibility index (Phi) is 4.10. The molecule has 1 rings (SSSR count). The lowest BCUT2D eigenvalue weighted by molar-refractivity contribution is 0.792. The Morgan fingerprint density at radius 2 is 2.30 bits per heavy atom. The van der Waals surface area contributed by atoms with Crippen LogP contribution in [-0.4, -0.2) is 4.43 Å². The average Bonchev–Trinajstić information content (AvgIpc) is 2.41. The van der Waals surface area contributed by atoms with Gasteiger partial charge in [0.1, 0.15) is 0 Å². The molecular weight excluding hydrogens is 235 g/mol. The van der Waals surface area contributed by atoms with Gasteiger partial charge in [-0.1, -0.05) is 46.4 Å². The molecule has 0 bridgehead atoms. The van der Waals surface area contributed by atoms with Crippen LogP contribution in [0.4, 0.5) is 0 Å². The van der Waals surface area contributed by atoms with Crippen LogP contribution in [0.15, 0.2) is 23.8 Å². The largest absolute Gasteiger partial charge is 0.0864 e. The fourth-order valence-corrected chi connectivity index (χ4v) is 1.66. The highest BCUT2D eigenvalue weighted by Gasteiger charge is 1.97. The fourth-order valence-electron chi connectivity index (χ4n) is 1.12. The summed E-state index contributed by atoms with van der Waals surface area (Å²) < 4.78 is 1.30. The first kappa shape index (κ1) is 8.31. The minimum Gasteiger partial charge on any atom is -0.0864 e. The van der Waals surface area contributed by atoms with Crippen LogP contribution in [0.2, 0.25) is 0 Å². The molecule has 0 saturated heterocycles. The van der Waals surface area contributed by atoms with Crippen LogP contribution < -0.4 is 0 Å². The Morgan fingerprint density at radius 3 is 2.90 bits per heavy atom. The Balaban J connectivity index is 2.04. The van der Waals surface area contributed by atoms with Gasteiger partial charge in [0, 0.05) is 0 Å². The predicted molar refractivity (Wildman–Crippen MR) is 54.6 cm³/mol. The Hall–Kier alpha value is 0.210. The third kappa shape index (κ3) is 2.86. The smallest absolute Gasteiger partial charge is 0.000462 e. The monoisotopic (exact) mass is 248 g/mol. The minimum absolute atomic E-state index is 1.21. The van der Waals surface area contributed by atoms with Crippen LogP contribution in [0.1, 0.15) is 25.7 Å². The number of alkyl halides is 1. The molecule has 0 radical (unpaired) electrons. The first-order valence-electron chi connectivity index (χ1n) is 3.84. The van der Waals surface area contributed by atoms with Crippen molar-refractivity contribution in [2.24, 2.45) is 0 Å².